The Morgan fingerprint density at radius 2 is 1.89 bits per heavy atom. The first-order chi connectivity index (χ1) is 13.6. The van der Waals surface area contributed by atoms with Crippen molar-refractivity contribution >= 4 is 23.3 Å². The summed E-state index contributed by atoms with van der Waals surface area (Å²) in [6, 6.07) is 9.24. The summed E-state index contributed by atoms with van der Waals surface area (Å²) in [7, 11) is 0. The van der Waals surface area contributed by atoms with E-state index >= 15 is 0 Å². The van der Waals surface area contributed by atoms with Gasteiger partial charge in [-0.15, -0.1) is 0 Å². The summed E-state index contributed by atoms with van der Waals surface area (Å²) in [5.74, 6) is 1.31. The highest BCUT2D eigenvalue weighted by Crippen LogP contribution is 2.32. The molecule has 0 radical (unpaired) electrons. The van der Waals surface area contributed by atoms with E-state index in [4.69, 9.17) is 11.6 Å². The Labute approximate surface area is 170 Å². The number of aliphatic hydroxyl groups is 1. The maximum Gasteiger partial charge on any atom is 0.253 e. The van der Waals surface area contributed by atoms with Gasteiger partial charge in [-0.25, -0.2) is 4.98 Å². The van der Waals surface area contributed by atoms with Gasteiger partial charge in [0, 0.05) is 23.3 Å². The summed E-state index contributed by atoms with van der Waals surface area (Å²) in [5, 5.41) is 17.2. The third kappa shape index (κ3) is 4.65. The molecule has 2 aliphatic carbocycles. The molecule has 0 spiro atoms. The number of nitrogens with one attached hydrogen (secondary N) is 2. The van der Waals surface area contributed by atoms with E-state index in [1.54, 1.807) is 6.20 Å². The van der Waals surface area contributed by atoms with Gasteiger partial charge in [-0.05, 0) is 55.4 Å². The molecule has 0 aliphatic heterocycles. The monoisotopic (exact) mass is 399 g/mol. The number of halogens is 1. The van der Waals surface area contributed by atoms with E-state index in [-0.39, 0.29) is 11.9 Å². The second-order valence-corrected chi connectivity index (χ2v) is 8.32. The molecule has 1 aromatic heterocycles. The fourth-order valence-corrected chi connectivity index (χ4v) is 3.80. The normalized spacial score (nSPS) is 21.9. The molecule has 0 saturated heterocycles. The van der Waals surface area contributed by atoms with Crippen molar-refractivity contribution in [2.24, 2.45) is 5.92 Å². The molecule has 148 valence electrons. The van der Waals surface area contributed by atoms with Crippen molar-refractivity contribution in [3.05, 3.63) is 47.1 Å². The molecule has 3 N–H and O–H groups in total. The van der Waals surface area contributed by atoms with E-state index < -0.39 is 6.10 Å². The van der Waals surface area contributed by atoms with Crippen LogP contribution in [0.25, 0.3) is 11.1 Å². The predicted octanol–water partition coefficient (Wildman–Crippen LogP) is 4.26. The van der Waals surface area contributed by atoms with Crippen LogP contribution in [0.4, 0.5) is 5.82 Å². The minimum atomic E-state index is -0.471. The molecule has 28 heavy (non-hydrogen) atoms. The molecule has 2 atom stereocenters. The van der Waals surface area contributed by atoms with Gasteiger partial charge < -0.3 is 15.7 Å². The largest absolute Gasteiger partial charge is 0.391 e. The first-order valence-electron chi connectivity index (χ1n) is 10.1. The van der Waals surface area contributed by atoms with Gasteiger partial charge in [0.15, 0.2) is 0 Å². The van der Waals surface area contributed by atoms with Crippen LogP contribution >= 0.6 is 11.6 Å². The topological polar surface area (TPSA) is 74.2 Å². The minimum Gasteiger partial charge on any atom is -0.391 e. The predicted molar refractivity (Wildman–Crippen MR) is 112 cm³/mol. The van der Waals surface area contributed by atoms with Crippen LogP contribution in [0.15, 0.2) is 36.5 Å². The quantitative estimate of drug-likeness (QED) is 0.678. The minimum absolute atomic E-state index is 0.187. The van der Waals surface area contributed by atoms with Crippen LogP contribution in [0, 0.1) is 5.92 Å². The summed E-state index contributed by atoms with van der Waals surface area (Å²) in [6.07, 6.45) is 7.24. The number of rotatable bonds is 6. The third-order valence-electron chi connectivity index (χ3n) is 5.61. The average Bonchev–Trinajstić information content (AvgIpc) is 3.53. The van der Waals surface area contributed by atoms with E-state index in [1.807, 2.05) is 30.3 Å². The number of carbonyl (C=O) groups is 1. The summed E-state index contributed by atoms with van der Waals surface area (Å²) < 4.78 is 0. The molecule has 1 amide bonds. The molecule has 0 unspecified atom stereocenters. The molecule has 2 aliphatic rings. The molecule has 0 bridgehead atoms. The van der Waals surface area contributed by atoms with Gasteiger partial charge in [-0.3, -0.25) is 4.79 Å². The van der Waals surface area contributed by atoms with Crippen LogP contribution < -0.4 is 10.6 Å². The van der Waals surface area contributed by atoms with Crippen molar-refractivity contribution in [1.82, 2.24) is 10.3 Å². The number of hydrogen-bond acceptors (Lipinski definition) is 4. The second kappa shape index (κ2) is 8.50. The number of carbonyl (C=O) groups excluding carboxylic acids is 1. The molecule has 2 fully saturated rings. The SMILES string of the molecule is O=C(N[C@@H]1CCCC[C@H]1O)c1cnc(NCC2CC2)c(-c2ccc(Cl)cc2)c1. The Hall–Kier alpha value is -2.11. The lowest BCUT2D eigenvalue weighted by atomic mass is 9.92. The van der Waals surface area contributed by atoms with Crippen LogP contribution in [-0.4, -0.2) is 34.7 Å². The Kier molecular flexibility index (Phi) is 5.83. The Balaban J connectivity index is 1.57. The standard InChI is InChI=1S/C22H26ClN3O2/c23-17-9-7-15(8-10-17)18-11-16(13-25-21(18)24-12-14-5-6-14)22(28)26-19-3-1-2-4-20(19)27/h7-11,13-14,19-20,27H,1-6,12H2,(H,24,25)(H,26,28)/t19-,20-/m1/s1. The number of aliphatic hydroxyl groups excluding tert-OH is 1. The first-order valence-corrected chi connectivity index (χ1v) is 10.5. The fraction of sp³-hybridized carbons (Fsp3) is 0.455. The van der Waals surface area contributed by atoms with Crippen molar-refractivity contribution in [2.75, 3.05) is 11.9 Å². The maximum absolute atomic E-state index is 12.8. The van der Waals surface area contributed by atoms with Crippen LogP contribution in [0.3, 0.4) is 0 Å². The molecular weight excluding hydrogens is 374 g/mol. The molecule has 1 heterocycles. The van der Waals surface area contributed by atoms with Crippen LogP contribution in [0.2, 0.25) is 5.02 Å². The smallest absolute Gasteiger partial charge is 0.253 e. The molecule has 1 aromatic carbocycles. The fourth-order valence-electron chi connectivity index (χ4n) is 3.67. The zero-order chi connectivity index (χ0) is 19.5. The summed E-state index contributed by atoms with van der Waals surface area (Å²) >= 11 is 6.03. The van der Waals surface area contributed by atoms with E-state index in [0.29, 0.717) is 10.6 Å². The van der Waals surface area contributed by atoms with Crippen molar-refractivity contribution in [3.63, 3.8) is 0 Å². The molecule has 2 saturated carbocycles. The molecule has 4 rings (SSSR count). The van der Waals surface area contributed by atoms with Crippen molar-refractivity contribution in [2.45, 2.75) is 50.7 Å². The molecular formula is C22H26ClN3O2. The van der Waals surface area contributed by atoms with E-state index in [0.717, 1.165) is 55.1 Å². The highest BCUT2D eigenvalue weighted by Gasteiger charge is 2.26. The van der Waals surface area contributed by atoms with Gasteiger partial charge in [0.25, 0.3) is 5.91 Å². The molecule has 5 nitrogen and oxygen atoms in total. The number of nitrogens with zero attached hydrogens (tertiary/aromatic N) is 1. The Bertz CT molecular complexity index is 836. The highest BCUT2D eigenvalue weighted by molar-refractivity contribution is 6.30. The van der Waals surface area contributed by atoms with Gasteiger partial charge in [-0.1, -0.05) is 36.6 Å². The lowest BCUT2D eigenvalue weighted by Gasteiger charge is -2.28. The highest BCUT2D eigenvalue weighted by atomic mass is 35.5. The average molecular weight is 400 g/mol. The number of anilines is 1. The third-order valence-corrected chi connectivity index (χ3v) is 5.86. The zero-order valence-corrected chi connectivity index (χ0v) is 16.6. The number of aromatic nitrogens is 1. The van der Waals surface area contributed by atoms with E-state index in [9.17, 15) is 9.90 Å². The molecule has 6 heteroatoms. The number of pyridine rings is 1. The first kappa shape index (κ1) is 19.2. The van der Waals surface area contributed by atoms with E-state index in [2.05, 4.69) is 15.6 Å². The second-order valence-electron chi connectivity index (χ2n) is 7.88. The van der Waals surface area contributed by atoms with Crippen molar-refractivity contribution in [3.8, 4) is 11.1 Å². The summed E-state index contributed by atoms with van der Waals surface area (Å²) in [4.78, 5) is 17.3. The van der Waals surface area contributed by atoms with Crippen LogP contribution in [0.5, 0.6) is 0 Å². The maximum atomic E-state index is 12.8. The van der Waals surface area contributed by atoms with Crippen LogP contribution in [0.1, 0.15) is 48.9 Å². The van der Waals surface area contributed by atoms with E-state index in [1.165, 1.54) is 12.8 Å². The summed E-state index contributed by atoms with van der Waals surface area (Å²) in [6.45, 7) is 0.896. The van der Waals surface area contributed by atoms with Gasteiger partial charge in [0.1, 0.15) is 5.82 Å². The number of hydrogen-bond donors (Lipinski definition) is 3. The lowest BCUT2D eigenvalue weighted by Crippen LogP contribution is -2.45. The van der Waals surface area contributed by atoms with Gasteiger partial charge in [-0.2, -0.15) is 0 Å². The lowest BCUT2D eigenvalue weighted by molar-refractivity contribution is 0.0717. The Morgan fingerprint density at radius 3 is 2.61 bits per heavy atom. The van der Waals surface area contributed by atoms with Gasteiger partial charge in [0.05, 0.1) is 17.7 Å². The van der Waals surface area contributed by atoms with Gasteiger partial charge >= 0.3 is 0 Å². The summed E-state index contributed by atoms with van der Waals surface area (Å²) in [5.41, 5.74) is 2.34. The number of amides is 1. The zero-order valence-electron chi connectivity index (χ0n) is 15.8. The van der Waals surface area contributed by atoms with Gasteiger partial charge in [0.2, 0.25) is 0 Å². The Morgan fingerprint density at radius 1 is 1.14 bits per heavy atom. The van der Waals surface area contributed by atoms with Crippen molar-refractivity contribution < 1.29 is 9.90 Å². The van der Waals surface area contributed by atoms with Crippen molar-refractivity contribution in [1.29, 1.82) is 0 Å². The van der Waals surface area contributed by atoms with Crippen LogP contribution in [-0.2, 0) is 0 Å². The number of benzene rings is 1. The molecule has 2 aromatic rings.